The molecule has 2 atom stereocenters. The summed E-state index contributed by atoms with van der Waals surface area (Å²) < 4.78 is 11.3. The lowest BCUT2D eigenvalue weighted by Crippen LogP contribution is -2.36. The molecule has 0 radical (unpaired) electrons. The number of nitrogens with zero attached hydrogens (tertiary/aromatic N) is 2. The molecule has 1 aromatic heterocycles. The van der Waals surface area contributed by atoms with Crippen LogP contribution < -0.4 is 20.5 Å². The third-order valence-corrected chi connectivity index (χ3v) is 6.26. The molecule has 0 saturated carbocycles. The highest BCUT2D eigenvalue weighted by molar-refractivity contribution is 7.16. The summed E-state index contributed by atoms with van der Waals surface area (Å²) in [6, 6.07) is 22.9. The summed E-state index contributed by atoms with van der Waals surface area (Å²) in [5.41, 5.74) is 8.62. The van der Waals surface area contributed by atoms with E-state index in [0.29, 0.717) is 29.3 Å². The number of ether oxygens (including phenoxy) is 2. The van der Waals surface area contributed by atoms with Gasteiger partial charge in [0.15, 0.2) is 6.61 Å². The molecule has 35 heavy (non-hydrogen) atoms. The Morgan fingerprint density at radius 3 is 2.71 bits per heavy atom. The van der Waals surface area contributed by atoms with Gasteiger partial charge in [0.25, 0.3) is 0 Å². The second kappa shape index (κ2) is 13.2. The molecule has 0 aliphatic rings. The van der Waals surface area contributed by atoms with Crippen LogP contribution in [-0.4, -0.2) is 37.0 Å². The smallest absolute Gasteiger partial charge is 0.174 e. The number of rotatable bonds is 12. The largest absolute Gasteiger partial charge is 0.490 e. The summed E-state index contributed by atoms with van der Waals surface area (Å²) in [7, 11) is 0. The molecule has 7 nitrogen and oxygen atoms in total. The van der Waals surface area contributed by atoms with Gasteiger partial charge in [0, 0.05) is 23.0 Å². The quantitative estimate of drug-likeness (QED) is 0.347. The van der Waals surface area contributed by atoms with Crippen LogP contribution in [0.4, 0.5) is 0 Å². The van der Waals surface area contributed by atoms with E-state index in [1.807, 2.05) is 61.5 Å². The average Bonchev–Trinajstić information content (AvgIpc) is 3.37. The third-order valence-electron chi connectivity index (χ3n) is 5.24. The Morgan fingerprint density at radius 1 is 1.14 bits per heavy atom. The van der Waals surface area contributed by atoms with Gasteiger partial charge in [0.1, 0.15) is 41.2 Å². The maximum atomic E-state index is 10.5. The van der Waals surface area contributed by atoms with Gasteiger partial charge >= 0.3 is 0 Å². The highest BCUT2D eigenvalue weighted by Crippen LogP contribution is 2.34. The summed E-state index contributed by atoms with van der Waals surface area (Å²) in [5.74, 6) is 1.28. The molecule has 0 fully saturated rings. The van der Waals surface area contributed by atoms with Crippen molar-refractivity contribution in [2.24, 2.45) is 5.73 Å². The first-order valence-electron chi connectivity index (χ1n) is 11.2. The number of hydrogen-bond donors (Lipinski definition) is 3. The van der Waals surface area contributed by atoms with Crippen LogP contribution in [0.15, 0.2) is 66.9 Å². The van der Waals surface area contributed by atoms with Crippen LogP contribution in [0.2, 0.25) is 0 Å². The number of para-hydroxylation sites is 1. The zero-order valence-corrected chi connectivity index (χ0v) is 20.3. The number of nitrogens with one attached hydrogen (secondary N) is 1. The van der Waals surface area contributed by atoms with E-state index in [9.17, 15) is 5.11 Å². The predicted octanol–water partition coefficient (Wildman–Crippen LogP) is 4.30. The second-order valence-corrected chi connectivity index (χ2v) is 9.00. The van der Waals surface area contributed by atoms with Crippen molar-refractivity contribution in [1.82, 2.24) is 5.32 Å². The molecule has 3 rings (SSSR count). The van der Waals surface area contributed by atoms with Gasteiger partial charge in [0.05, 0.1) is 0 Å². The van der Waals surface area contributed by atoms with E-state index < -0.39 is 6.10 Å². The van der Waals surface area contributed by atoms with Crippen molar-refractivity contribution in [2.75, 3.05) is 19.8 Å². The molecule has 1 heterocycles. The van der Waals surface area contributed by atoms with Crippen molar-refractivity contribution < 1.29 is 14.6 Å². The highest BCUT2D eigenvalue weighted by atomic mass is 32.1. The first kappa shape index (κ1) is 25.8. The first-order chi connectivity index (χ1) is 17.0. The van der Waals surface area contributed by atoms with Crippen molar-refractivity contribution in [3.05, 3.63) is 77.3 Å². The van der Waals surface area contributed by atoms with Crippen LogP contribution in [0, 0.1) is 22.7 Å². The van der Waals surface area contributed by atoms with Crippen LogP contribution in [0.25, 0.3) is 16.0 Å². The normalized spacial score (nSPS) is 12.9. The average molecular weight is 489 g/mol. The standard InChI is InChI=1S/C27H28N4O3S/c1-19(13-21(15-29)20-5-4-6-23(14-20)33-12-11-28)31-17-22(32)18-34-26-8-3-2-7-25(26)27-10-9-24(16-30)35-27/h2-10,14-15,19,22,31-32H,12-13,17-18,29H2,1H3/b21-15-. The summed E-state index contributed by atoms with van der Waals surface area (Å²) in [6.45, 7) is 2.49. The summed E-state index contributed by atoms with van der Waals surface area (Å²) in [4.78, 5) is 1.59. The Morgan fingerprint density at radius 2 is 1.97 bits per heavy atom. The Bertz CT molecular complexity index is 1230. The zero-order chi connectivity index (χ0) is 25.0. The van der Waals surface area contributed by atoms with Crippen molar-refractivity contribution >= 4 is 16.9 Å². The number of nitriles is 2. The Kier molecular flexibility index (Phi) is 9.70. The lowest BCUT2D eigenvalue weighted by atomic mass is 10.00. The molecule has 3 aromatic rings. The molecule has 4 N–H and O–H groups in total. The van der Waals surface area contributed by atoms with Gasteiger partial charge in [-0.2, -0.15) is 10.5 Å². The van der Waals surface area contributed by atoms with Crippen LogP contribution >= 0.6 is 11.3 Å². The minimum absolute atomic E-state index is 0.0122. The molecule has 0 amide bonds. The van der Waals surface area contributed by atoms with Crippen LogP contribution in [-0.2, 0) is 0 Å². The minimum atomic E-state index is -0.712. The van der Waals surface area contributed by atoms with Crippen molar-refractivity contribution in [1.29, 1.82) is 10.5 Å². The van der Waals surface area contributed by atoms with Crippen molar-refractivity contribution in [2.45, 2.75) is 25.5 Å². The number of nitrogens with two attached hydrogens (primary N) is 1. The molecule has 0 spiro atoms. The van der Waals surface area contributed by atoms with Gasteiger partial charge in [-0.25, -0.2) is 0 Å². The number of thiophene rings is 1. The monoisotopic (exact) mass is 488 g/mol. The lowest BCUT2D eigenvalue weighted by Gasteiger charge is -2.20. The minimum Gasteiger partial charge on any atom is -0.490 e. The van der Waals surface area contributed by atoms with E-state index in [-0.39, 0.29) is 19.3 Å². The molecule has 180 valence electrons. The molecule has 8 heteroatoms. The topological polar surface area (TPSA) is 124 Å². The Hall–Kier alpha value is -3.82. The summed E-state index contributed by atoms with van der Waals surface area (Å²) in [5, 5.41) is 31.6. The van der Waals surface area contributed by atoms with Gasteiger partial charge in [-0.1, -0.05) is 24.3 Å². The summed E-state index contributed by atoms with van der Waals surface area (Å²) >= 11 is 1.41. The molecule has 2 aromatic carbocycles. The molecular formula is C27H28N4O3S. The van der Waals surface area contributed by atoms with Crippen LogP contribution in [0.5, 0.6) is 11.5 Å². The molecule has 0 bridgehead atoms. The molecular weight excluding hydrogens is 460 g/mol. The van der Waals surface area contributed by atoms with Gasteiger partial charge in [0.2, 0.25) is 0 Å². The predicted molar refractivity (Wildman–Crippen MR) is 138 cm³/mol. The first-order valence-corrected chi connectivity index (χ1v) is 12.0. The van der Waals surface area contributed by atoms with E-state index in [4.69, 9.17) is 25.7 Å². The zero-order valence-electron chi connectivity index (χ0n) is 19.5. The van der Waals surface area contributed by atoms with E-state index in [0.717, 1.165) is 21.6 Å². The van der Waals surface area contributed by atoms with Crippen molar-refractivity contribution in [3.8, 4) is 34.1 Å². The van der Waals surface area contributed by atoms with Crippen LogP contribution in [0.3, 0.4) is 0 Å². The van der Waals surface area contributed by atoms with E-state index in [1.54, 1.807) is 18.3 Å². The molecule has 2 unspecified atom stereocenters. The van der Waals surface area contributed by atoms with E-state index in [2.05, 4.69) is 11.4 Å². The SMILES string of the molecule is CC(C/C(=C/N)c1cccc(OCC#N)c1)NCC(O)COc1ccccc1-c1ccc(C#N)s1. The van der Waals surface area contributed by atoms with Gasteiger partial charge < -0.3 is 25.6 Å². The van der Waals surface area contributed by atoms with Gasteiger partial charge in [-0.3, -0.25) is 0 Å². The van der Waals surface area contributed by atoms with E-state index >= 15 is 0 Å². The second-order valence-electron chi connectivity index (χ2n) is 7.92. The Labute approximate surface area is 209 Å². The summed E-state index contributed by atoms with van der Waals surface area (Å²) in [6.07, 6.45) is 1.51. The maximum Gasteiger partial charge on any atom is 0.174 e. The van der Waals surface area contributed by atoms with Crippen molar-refractivity contribution in [3.63, 3.8) is 0 Å². The Balaban J connectivity index is 1.51. The molecule has 0 aliphatic heterocycles. The highest BCUT2D eigenvalue weighted by Gasteiger charge is 2.14. The van der Waals surface area contributed by atoms with Crippen LogP contribution in [0.1, 0.15) is 23.8 Å². The molecule has 0 aliphatic carbocycles. The lowest BCUT2D eigenvalue weighted by molar-refractivity contribution is 0.104. The fraction of sp³-hybridized carbons (Fsp3) is 0.259. The number of aliphatic hydroxyl groups is 1. The number of hydrogen-bond acceptors (Lipinski definition) is 8. The van der Waals surface area contributed by atoms with E-state index in [1.165, 1.54) is 11.3 Å². The maximum absolute atomic E-state index is 10.5. The van der Waals surface area contributed by atoms with Gasteiger partial charge in [-0.05, 0) is 67.1 Å². The fourth-order valence-electron chi connectivity index (χ4n) is 3.51. The fourth-order valence-corrected chi connectivity index (χ4v) is 4.34. The van der Waals surface area contributed by atoms with Gasteiger partial charge in [-0.15, -0.1) is 11.3 Å². The molecule has 0 saturated heterocycles. The number of benzene rings is 2. The third kappa shape index (κ3) is 7.59. The number of aliphatic hydroxyl groups excluding tert-OH is 1.